The maximum Gasteiger partial charge on any atom is 0.403 e. The van der Waals surface area contributed by atoms with Crippen LogP contribution in [0.5, 0.6) is 0 Å². The van der Waals surface area contributed by atoms with E-state index in [1.165, 1.54) is 6.92 Å². The van der Waals surface area contributed by atoms with Crippen molar-refractivity contribution in [3.05, 3.63) is 0 Å². The molecular weight excluding hydrogens is 482 g/mol. The first-order chi connectivity index (χ1) is 16.0. The van der Waals surface area contributed by atoms with Gasteiger partial charge >= 0.3 is 18.3 Å². The Balaban J connectivity index is 2.11. The van der Waals surface area contributed by atoms with Crippen molar-refractivity contribution in [2.75, 3.05) is 13.2 Å². The monoisotopic (exact) mass is 518 g/mol. The molecule has 0 N–H and O–H groups in total. The SMILES string of the molecule is CC(=O)COC1CCC(C(C2CCC(OCC(=O)OC(C)(C)C)CC2)(C(F)(F)F)C(F)(F)F)CC1. The van der Waals surface area contributed by atoms with Gasteiger partial charge in [0.1, 0.15) is 18.8 Å². The Labute approximate surface area is 202 Å². The van der Waals surface area contributed by atoms with E-state index in [1.54, 1.807) is 20.8 Å². The number of halogens is 6. The Morgan fingerprint density at radius 1 is 0.686 bits per heavy atom. The minimum atomic E-state index is -5.47. The highest BCUT2D eigenvalue weighted by Gasteiger charge is 2.76. The molecule has 0 aliphatic heterocycles. The van der Waals surface area contributed by atoms with Crippen LogP contribution in [0.2, 0.25) is 0 Å². The molecule has 0 aromatic rings. The summed E-state index contributed by atoms with van der Waals surface area (Å²) in [5, 5.41) is 0. The fraction of sp³-hybridized carbons (Fsp3) is 0.917. The van der Waals surface area contributed by atoms with E-state index in [-0.39, 0.29) is 63.8 Å². The van der Waals surface area contributed by atoms with Gasteiger partial charge in [-0.1, -0.05) is 0 Å². The Kier molecular flexibility index (Phi) is 9.69. The van der Waals surface area contributed by atoms with Gasteiger partial charge in [0.25, 0.3) is 0 Å². The summed E-state index contributed by atoms with van der Waals surface area (Å²) < 4.78 is 102. The van der Waals surface area contributed by atoms with Crippen LogP contribution in [0, 0.1) is 17.3 Å². The van der Waals surface area contributed by atoms with Gasteiger partial charge < -0.3 is 14.2 Å². The van der Waals surface area contributed by atoms with Crippen LogP contribution in [0.1, 0.15) is 79.1 Å². The van der Waals surface area contributed by atoms with Crippen molar-refractivity contribution in [2.24, 2.45) is 17.3 Å². The fourth-order valence-electron chi connectivity index (χ4n) is 5.58. The number of hydrogen-bond donors (Lipinski definition) is 0. The van der Waals surface area contributed by atoms with Gasteiger partial charge in [-0.25, -0.2) is 4.79 Å². The Morgan fingerprint density at radius 2 is 1.06 bits per heavy atom. The standard InChI is InChI=1S/C24H36F6O5/c1-15(31)13-33-18-9-5-16(6-10-18)22(23(25,26)27,24(28,29)30)17-7-11-19(12-8-17)34-14-20(32)35-21(2,3)4/h16-19H,5-14H2,1-4H3. The van der Waals surface area contributed by atoms with Crippen molar-refractivity contribution < 1.29 is 50.1 Å². The van der Waals surface area contributed by atoms with Gasteiger partial charge in [-0.3, -0.25) is 4.79 Å². The van der Waals surface area contributed by atoms with Crippen molar-refractivity contribution in [1.29, 1.82) is 0 Å². The summed E-state index contributed by atoms with van der Waals surface area (Å²) in [4.78, 5) is 22.9. The molecule has 0 atom stereocenters. The first-order valence-electron chi connectivity index (χ1n) is 12.0. The lowest BCUT2D eigenvalue weighted by molar-refractivity contribution is -0.383. The zero-order valence-electron chi connectivity index (χ0n) is 20.7. The van der Waals surface area contributed by atoms with Crippen LogP contribution in [0.4, 0.5) is 26.3 Å². The molecule has 0 bridgehead atoms. The second kappa shape index (κ2) is 11.4. The van der Waals surface area contributed by atoms with E-state index in [0.717, 1.165) is 0 Å². The van der Waals surface area contributed by atoms with Crippen LogP contribution >= 0.6 is 0 Å². The maximum absolute atomic E-state index is 14.4. The lowest BCUT2D eigenvalue weighted by Crippen LogP contribution is -2.61. The van der Waals surface area contributed by atoms with Gasteiger partial charge in [0.05, 0.1) is 12.2 Å². The summed E-state index contributed by atoms with van der Waals surface area (Å²) in [6.45, 7) is 5.72. The number of alkyl halides is 6. The molecule has 2 rings (SSSR count). The predicted octanol–water partition coefficient (Wildman–Crippen LogP) is 6.18. The number of hydrogen-bond acceptors (Lipinski definition) is 5. The second-order valence-electron chi connectivity index (χ2n) is 10.7. The van der Waals surface area contributed by atoms with E-state index in [1.807, 2.05) is 0 Å². The minimum Gasteiger partial charge on any atom is -0.458 e. The average molecular weight is 519 g/mol. The second-order valence-corrected chi connectivity index (χ2v) is 10.7. The van der Waals surface area contributed by atoms with Gasteiger partial charge in [-0.15, -0.1) is 0 Å². The summed E-state index contributed by atoms with van der Waals surface area (Å²) in [5.41, 5.74) is -4.55. The molecule has 0 saturated heterocycles. The Morgan fingerprint density at radius 3 is 1.37 bits per heavy atom. The number of esters is 1. The van der Waals surface area contributed by atoms with E-state index >= 15 is 0 Å². The van der Waals surface area contributed by atoms with E-state index in [9.17, 15) is 35.9 Å². The topological polar surface area (TPSA) is 61.8 Å². The third kappa shape index (κ3) is 7.57. The van der Waals surface area contributed by atoms with Gasteiger partial charge in [-0.05, 0) is 90.9 Å². The van der Waals surface area contributed by atoms with Crippen LogP contribution in [0.3, 0.4) is 0 Å². The van der Waals surface area contributed by atoms with E-state index < -0.39 is 60.0 Å². The van der Waals surface area contributed by atoms with E-state index in [2.05, 4.69) is 0 Å². The zero-order chi connectivity index (χ0) is 26.7. The largest absolute Gasteiger partial charge is 0.458 e. The van der Waals surface area contributed by atoms with Crippen LogP contribution < -0.4 is 0 Å². The number of ether oxygens (including phenoxy) is 3. The van der Waals surface area contributed by atoms with Crippen molar-refractivity contribution in [1.82, 2.24) is 0 Å². The Bertz CT molecular complexity index is 697. The highest BCUT2D eigenvalue weighted by atomic mass is 19.4. The highest BCUT2D eigenvalue weighted by molar-refractivity contribution is 5.76. The Hall–Kier alpha value is -1.36. The number of Topliss-reactive ketones (excluding diaryl/α,β-unsaturated/α-hetero) is 1. The lowest BCUT2D eigenvalue weighted by Gasteiger charge is -2.51. The first kappa shape index (κ1) is 29.9. The predicted molar refractivity (Wildman–Crippen MR) is 114 cm³/mol. The molecule has 11 heteroatoms. The third-order valence-corrected chi connectivity index (χ3v) is 6.95. The summed E-state index contributed by atoms with van der Waals surface area (Å²) in [5.74, 6) is -4.14. The maximum atomic E-state index is 14.4. The highest BCUT2D eigenvalue weighted by Crippen LogP contribution is 2.64. The number of carbonyl (C=O) groups is 2. The number of carbonyl (C=O) groups excluding carboxylic acids is 2. The molecule has 0 aromatic carbocycles. The smallest absolute Gasteiger partial charge is 0.403 e. The molecule has 5 nitrogen and oxygen atoms in total. The molecule has 204 valence electrons. The first-order valence-corrected chi connectivity index (χ1v) is 12.0. The van der Waals surface area contributed by atoms with Crippen LogP contribution in [-0.2, 0) is 23.8 Å². The summed E-state index contributed by atoms with van der Waals surface area (Å²) in [7, 11) is 0. The van der Waals surface area contributed by atoms with Crippen LogP contribution in [0.25, 0.3) is 0 Å². The summed E-state index contributed by atoms with van der Waals surface area (Å²) in [6.07, 6.45) is -13.2. The minimum absolute atomic E-state index is 0.00155. The van der Waals surface area contributed by atoms with Gasteiger partial charge in [0, 0.05) is 0 Å². The van der Waals surface area contributed by atoms with Gasteiger partial charge in [-0.2, -0.15) is 26.3 Å². The van der Waals surface area contributed by atoms with E-state index in [0.29, 0.717) is 0 Å². The zero-order valence-corrected chi connectivity index (χ0v) is 20.7. The van der Waals surface area contributed by atoms with Crippen molar-refractivity contribution in [3.63, 3.8) is 0 Å². The quantitative estimate of drug-likeness (QED) is 0.284. The van der Waals surface area contributed by atoms with Gasteiger partial charge in [0.15, 0.2) is 11.2 Å². The van der Waals surface area contributed by atoms with Crippen molar-refractivity contribution in [2.45, 2.75) is 109 Å². The molecule has 0 unspecified atom stereocenters. The molecule has 0 aromatic heterocycles. The molecule has 2 aliphatic carbocycles. The van der Waals surface area contributed by atoms with Crippen molar-refractivity contribution in [3.8, 4) is 0 Å². The summed E-state index contributed by atoms with van der Waals surface area (Å²) in [6, 6.07) is 0. The normalized spacial score (nSPS) is 26.9. The molecule has 2 fully saturated rings. The lowest BCUT2D eigenvalue weighted by atomic mass is 9.57. The average Bonchev–Trinajstić information content (AvgIpc) is 2.69. The molecule has 0 amide bonds. The van der Waals surface area contributed by atoms with Gasteiger partial charge in [0.2, 0.25) is 0 Å². The summed E-state index contributed by atoms with van der Waals surface area (Å²) >= 11 is 0. The van der Waals surface area contributed by atoms with Crippen molar-refractivity contribution >= 4 is 11.8 Å². The molecule has 35 heavy (non-hydrogen) atoms. The molecule has 0 heterocycles. The molecule has 2 saturated carbocycles. The fourth-order valence-corrected chi connectivity index (χ4v) is 5.58. The van der Waals surface area contributed by atoms with Crippen LogP contribution in [-0.4, -0.2) is 55.1 Å². The molecule has 0 spiro atoms. The number of rotatable bonds is 8. The third-order valence-electron chi connectivity index (χ3n) is 6.95. The van der Waals surface area contributed by atoms with Crippen LogP contribution in [0.15, 0.2) is 0 Å². The molecule has 0 radical (unpaired) electrons. The van der Waals surface area contributed by atoms with E-state index in [4.69, 9.17) is 14.2 Å². The molecular formula is C24H36F6O5. The number of ketones is 1. The molecule has 2 aliphatic rings.